The van der Waals surface area contributed by atoms with Crippen molar-refractivity contribution in [3.63, 3.8) is 0 Å². The highest BCUT2D eigenvalue weighted by Gasteiger charge is 2.33. The summed E-state index contributed by atoms with van der Waals surface area (Å²) in [5.74, 6) is -0.244. The van der Waals surface area contributed by atoms with E-state index >= 15 is 0 Å². The van der Waals surface area contributed by atoms with Crippen molar-refractivity contribution in [2.75, 3.05) is 18.4 Å². The van der Waals surface area contributed by atoms with Crippen LogP contribution in [0, 0.1) is 17.0 Å². The smallest absolute Gasteiger partial charge is 0.378 e. The molecule has 2 aromatic carbocycles. The summed E-state index contributed by atoms with van der Waals surface area (Å²) in [6.07, 6.45) is -4.70. The van der Waals surface area contributed by atoms with Crippen LogP contribution in [0.3, 0.4) is 0 Å². The summed E-state index contributed by atoms with van der Waals surface area (Å²) in [6.45, 7) is 1.60. The average molecular weight is 469 g/mol. The lowest BCUT2D eigenvalue weighted by molar-refractivity contribution is -0.384. The van der Waals surface area contributed by atoms with Crippen LogP contribution in [-0.2, 0) is 6.18 Å². The second kappa shape index (κ2) is 9.27. The first-order valence-electron chi connectivity index (χ1n) is 9.18. The normalized spacial score (nSPS) is 11.3. The standard InChI is InChI=1S/C20H16ClF3N4O4/c1-11-17(18(27-32-11)13-4-2-3-5-14(13)21)19(29)26-9-8-25-15-7-6-12(20(22,23)24)10-16(15)28(30)31/h2-7,10,25H,8-9H2,1H3,(H,26,29). The lowest BCUT2D eigenvalue weighted by atomic mass is 10.1. The van der Waals surface area contributed by atoms with Gasteiger partial charge in [-0.25, -0.2) is 0 Å². The number of rotatable bonds is 7. The molecule has 8 nitrogen and oxygen atoms in total. The van der Waals surface area contributed by atoms with Crippen molar-refractivity contribution in [2.24, 2.45) is 0 Å². The van der Waals surface area contributed by atoms with Crippen LogP contribution in [0.25, 0.3) is 11.3 Å². The van der Waals surface area contributed by atoms with Gasteiger partial charge >= 0.3 is 6.18 Å². The first-order chi connectivity index (χ1) is 15.1. The van der Waals surface area contributed by atoms with E-state index in [1.807, 2.05) is 0 Å². The maximum atomic E-state index is 12.8. The van der Waals surface area contributed by atoms with Crippen molar-refractivity contribution in [1.29, 1.82) is 0 Å². The molecule has 0 radical (unpaired) electrons. The number of amides is 1. The number of carbonyl (C=O) groups is 1. The minimum absolute atomic E-state index is 0.0175. The fourth-order valence-electron chi connectivity index (χ4n) is 2.95. The number of hydrogen-bond acceptors (Lipinski definition) is 6. The zero-order valence-electron chi connectivity index (χ0n) is 16.5. The maximum Gasteiger partial charge on any atom is 0.416 e. The molecule has 3 rings (SSSR count). The molecule has 0 unspecified atom stereocenters. The topological polar surface area (TPSA) is 110 Å². The summed E-state index contributed by atoms with van der Waals surface area (Å²) in [6, 6.07) is 8.95. The number of nitrogens with one attached hydrogen (secondary N) is 2. The van der Waals surface area contributed by atoms with Gasteiger partial charge in [0.15, 0.2) is 0 Å². The van der Waals surface area contributed by atoms with Gasteiger partial charge in [-0.2, -0.15) is 13.2 Å². The Labute approximate surface area is 184 Å². The molecule has 0 aliphatic carbocycles. The molecule has 0 bridgehead atoms. The number of halogens is 4. The Balaban J connectivity index is 1.68. The van der Waals surface area contributed by atoms with Crippen LogP contribution < -0.4 is 10.6 Å². The second-order valence-corrected chi connectivity index (χ2v) is 7.02. The number of nitrogens with zero attached hydrogens (tertiary/aromatic N) is 2. The Morgan fingerprint density at radius 1 is 1.22 bits per heavy atom. The largest absolute Gasteiger partial charge is 0.416 e. The first kappa shape index (κ1) is 23.1. The molecular weight excluding hydrogens is 453 g/mol. The SMILES string of the molecule is Cc1onc(-c2ccccc2Cl)c1C(=O)NCCNc1ccc(C(F)(F)F)cc1[N+](=O)[O-]. The number of carbonyl (C=O) groups excluding carboxylic acids is 1. The van der Waals surface area contributed by atoms with Crippen LogP contribution in [-0.4, -0.2) is 29.1 Å². The number of nitro groups is 1. The molecule has 1 heterocycles. The molecule has 168 valence electrons. The highest BCUT2D eigenvalue weighted by Crippen LogP contribution is 2.35. The fraction of sp³-hybridized carbons (Fsp3) is 0.200. The first-order valence-corrected chi connectivity index (χ1v) is 9.56. The molecule has 0 atom stereocenters. The predicted octanol–water partition coefficient (Wildman–Crippen LogP) is 5.07. The van der Waals surface area contributed by atoms with Crippen molar-refractivity contribution < 1.29 is 27.4 Å². The Morgan fingerprint density at radius 2 is 1.94 bits per heavy atom. The van der Waals surface area contributed by atoms with Gasteiger partial charge in [-0.1, -0.05) is 35.0 Å². The minimum atomic E-state index is -4.70. The van der Waals surface area contributed by atoms with Crippen molar-refractivity contribution in [3.05, 3.63) is 74.5 Å². The fourth-order valence-corrected chi connectivity index (χ4v) is 3.17. The summed E-state index contributed by atoms with van der Waals surface area (Å²) in [7, 11) is 0. The third-order valence-electron chi connectivity index (χ3n) is 4.47. The molecule has 0 spiro atoms. The molecule has 0 saturated carbocycles. The van der Waals surface area contributed by atoms with Gasteiger partial charge in [0.25, 0.3) is 11.6 Å². The Morgan fingerprint density at radius 3 is 2.59 bits per heavy atom. The van der Waals surface area contributed by atoms with E-state index in [-0.39, 0.29) is 35.8 Å². The number of alkyl halides is 3. The number of aryl methyl sites for hydroxylation is 1. The van der Waals surface area contributed by atoms with Gasteiger partial charge in [0.1, 0.15) is 22.7 Å². The molecule has 0 aliphatic heterocycles. The number of aromatic nitrogens is 1. The molecule has 3 aromatic rings. The zero-order valence-corrected chi connectivity index (χ0v) is 17.3. The van der Waals surface area contributed by atoms with E-state index in [1.54, 1.807) is 31.2 Å². The molecule has 0 aliphatic rings. The summed E-state index contributed by atoms with van der Waals surface area (Å²) in [5.41, 5.74) is -1.000. The highest BCUT2D eigenvalue weighted by molar-refractivity contribution is 6.33. The summed E-state index contributed by atoms with van der Waals surface area (Å²) in [4.78, 5) is 22.9. The minimum Gasteiger partial charge on any atom is -0.378 e. The van der Waals surface area contributed by atoms with Gasteiger partial charge in [-0.15, -0.1) is 0 Å². The number of nitro benzene ring substituents is 1. The van der Waals surface area contributed by atoms with Gasteiger partial charge in [-0.3, -0.25) is 14.9 Å². The molecule has 0 saturated heterocycles. The van der Waals surface area contributed by atoms with Crippen molar-refractivity contribution >= 4 is 28.9 Å². The van der Waals surface area contributed by atoms with Gasteiger partial charge in [-0.05, 0) is 25.1 Å². The maximum absolute atomic E-state index is 12.8. The van der Waals surface area contributed by atoms with Crippen LogP contribution in [0.1, 0.15) is 21.7 Å². The van der Waals surface area contributed by atoms with Gasteiger partial charge in [0.2, 0.25) is 0 Å². The third kappa shape index (κ3) is 4.99. The predicted molar refractivity (Wildman–Crippen MR) is 111 cm³/mol. The number of hydrogen-bond donors (Lipinski definition) is 2. The monoisotopic (exact) mass is 468 g/mol. The molecule has 1 amide bonds. The molecule has 12 heteroatoms. The van der Waals surface area contributed by atoms with E-state index in [0.717, 1.165) is 12.1 Å². The third-order valence-corrected chi connectivity index (χ3v) is 4.80. The van der Waals surface area contributed by atoms with E-state index in [0.29, 0.717) is 16.7 Å². The lowest BCUT2D eigenvalue weighted by Gasteiger charge is -2.11. The van der Waals surface area contributed by atoms with E-state index in [4.69, 9.17) is 16.1 Å². The summed E-state index contributed by atoms with van der Waals surface area (Å²) < 4.78 is 43.5. The molecule has 2 N–H and O–H groups in total. The highest BCUT2D eigenvalue weighted by atomic mass is 35.5. The van der Waals surface area contributed by atoms with Crippen molar-refractivity contribution in [2.45, 2.75) is 13.1 Å². The van der Waals surface area contributed by atoms with Crippen LogP contribution in [0.4, 0.5) is 24.5 Å². The molecular formula is C20H16ClF3N4O4. The Kier molecular flexibility index (Phi) is 6.68. The lowest BCUT2D eigenvalue weighted by Crippen LogP contribution is -2.29. The Hall–Kier alpha value is -3.60. The summed E-state index contributed by atoms with van der Waals surface area (Å²) in [5, 5.41) is 20.7. The van der Waals surface area contributed by atoms with Crippen LogP contribution in [0.5, 0.6) is 0 Å². The molecule has 0 fully saturated rings. The van der Waals surface area contributed by atoms with Gasteiger partial charge in [0.05, 0.1) is 15.5 Å². The van der Waals surface area contributed by atoms with E-state index in [1.165, 1.54) is 0 Å². The average Bonchev–Trinajstić information content (AvgIpc) is 3.11. The van der Waals surface area contributed by atoms with Crippen LogP contribution >= 0.6 is 11.6 Å². The van der Waals surface area contributed by atoms with E-state index < -0.39 is 28.3 Å². The zero-order chi connectivity index (χ0) is 23.5. The van der Waals surface area contributed by atoms with Crippen molar-refractivity contribution in [3.8, 4) is 11.3 Å². The quantitative estimate of drug-likeness (QED) is 0.284. The van der Waals surface area contributed by atoms with Gasteiger partial charge < -0.3 is 15.2 Å². The number of benzene rings is 2. The second-order valence-electron chi connectivity index (χ2n) is 6.61. The Bertz CT molecular complexity index is 1160. The molecule has 1 aromatic heterocycles. The number of anilines is 1. The van der Waals surface area contributed by atoms with Crippen LogP contribution in [0.15, 0.2) is 47.0 Å². The van der Waals surface area contributed by atoms with E-state index in [2.05, 4.69) is 15.8 Å². The molecule has 32 heavy (non-hydrogen) atoms. The van der Waals surface area contributed by atoms with Gasteiger partial charge in [0, 0.05) is 24.7 Å². The van der Waals surface area contributed by atoms with E-state index in [9.17, 15) is 28.1 Å². The summed E-state index contributed by atoms with van der Waals surface area (Å²) >= 11 is 6.17. The van der Waals surface area contributed by atoms with Crippen LogP contribution in [0.2, 0.25) is 5.02 Å². The van der Waals surface area contributed by atoms with Crippen molar-refractivity contribution in [1.82, 2.24) is 10.5 Å².